The van der Waals surface area contributed by atoms with Crippen molar-refractivity contribution in [1.82, 2.24) is 9.97 Å². The van der Waals surface area contributed by atoms with E-state index >= 15 is 0 Å². The van der Waals surface area contributed by atoms with Gasteiger partial charge in [-0.05, 0) is 37.6 Å². The molecule has 0 aliphatic rings. The van der Waals surface area contributed by atoms with E-state index in [-0.39, 0.29) is 11.7 Å². The van der Waals surface area contributed by atoms with Crippen LogP contribution in [0.15, 0.2) is 24.3 Å². The van der Waals surface area contributed by atoms with Gasteiger partial charge in [0.05, 0.1) is 5.02 Å². The number of hydrogen-bond donors (Lipinski definition) is 0. The van der Waals surface area contributed by atoms with Gasteiger partial charge in [0, 0.05) is 5.69 Å². The molecule has 0 bridgehead atoms. The van der Waals surface area contributed by atoms with Gasteiger partial charge in [-0.25, -0.2) is 4.98 Å². The van der Waals surface area contributed by atoms with Gasteiger partial charge in [-0.3, -0.25) is 0 Å². The largest absolute Gasteiger partial charge is 0.423 e. The maximum Gasteiger partial charge on any atom is 0.323 e. The van der Waals surface area contributed by atoms with E-state index in [0.717, 1.165) is 5.56 Å². The summed E-state index contributed by atoms with van der Waals surface area (Å²) in [5, 5.41) is 9.31. The van der Waals surface area contributed by atoms with Gasteiger partial charge in [-0.15, -0.1) is 0 Å². The SMILES string of the molecule is Cc1ccc(Cl)c(Oc2nc(C)cc(C#N)n2)c1. The van der Waals surface area contributed by atoms with Gasteiger partial charge in [0.1, 0.15) is 17.5 Å². The summed E-state index contributed by atoms with van der Waals surface area (Å²) >= 11 is 6.01. The van der Waals surface area contributed by atoms with Crippen LogP contribution in [0.25, 0.3) is 0 Å². The van der Waals surface area contributed by atoms with Gasteiger partial charge in [-0.2, -0.15) is 10.2 Å². The molecule has 0 radical (unpaired) electrons. The molecule has 2 rings (SSSR count). The van der Waals surface area contributed by atoms with E-state index in [9.17, 15) is 0 Å². The van der Waals surface area contributed by atoms with Gasteiger partial charge in [-0.1, -0.05) is 17.7 Å². The van der Waals surface area contributed by atoms with Crippen LogP contribution in [0.5, 0.6) is 11.8 Å². The van der Waals surface area contributed by atoms with Crippen molar-refractivity contribution < 1.29 is 4.74 Å². The highest BCUT2D eigenvalue weighted by Gasteiger charge is 2.07. The normalized spacial score (nSPS) is 9.89. The molecule has 0 amide bonds. The van der Waals surface area contributed by atoms with Crippen LogP contribution in [-0.4, -0.2) is 9.97 Å². The number of rotatable bonds is 2. The fourth-order valence-electron chi connectivity index (χ4n) is 1.43. The molecular formula is C13H10ClN3O. The third-order valence-electron chi connectivity index (χ3n) is 2.24. The first-order valence-corrected chi connectivity index (χ1v) is 5.66. The number of halogens is 1. The van der Waals surface area contributed by atoms with Crippen LogP contribution in [0.3, 0.4) is 0 Å². The molecule has 1 aromatic carbocycles. The molecule has 0 saturated carbocycles. The summed E-state index contributed by atoms with van der Waals surface area (Å²) in [6.07, 6.45) is 0. The van der Waals surface area contributed by atoms with Crippen molar-refractivity contribution in [2.75, 3.05) is 0 Å². The predicted molar refractivity (Wildman–Crippen MR) is 67.7 cm³/mol. The van der Waals surface area contributed by atoms with Crippen LogP contribution < -0.4 is 4.74 Å². The van der Waals surface area contributed by atoms with E-state index < -0.39 is 0 Å². The summed E-state index contributed by atoms with van der Waals surface area (Å²) in [7, 11) is 0. The minimum Gasteiger partial charge on any atom is -0.423 e. The Bertz CT molecular complexity index is 635. The van der Waals surface area contributed by atoms with Crippen molar-refractivity contribution in [3.05, 3.63) is 46.2 Å². The van der Waals surface area contributed by atoms with Crippen molar-refractivity contribution in [2.24, 2.45) is 0 Å². The number of aryl methyl sites for hydroxylation is 2. The van der Waals surface area contributed by atoms with E-state index in [1.165, 1.54) is 0 Å². The highest BCUT2D eigenvalue weighted by atomic mass is 35.5. The second-order valence-electron chi connectivity index (χ2n) is 3.82. The number of aromatic nitrogens is 2. The van der Waals surface area contributed by atoms with Crippen molar-refractivity contribution in [3.63, 3.8) is 0 Å². The van der Waals surface area contributed by atoms with Crippen molar-refractivity contribution in [2.45, 2.75) is 13.8 Å². The van der Waals surface area contributed by atoms with E-state index in [4.69, 9.17) is 21.6 Å². The standard InChI is InChI=1S/C13H10ClN3O/c1-8-3-4-11(14)12(5-8)18-13-16-9(2)6-10(7-15)17-13/h3-6H,1-2H3. The van der Waals surface area contributed by atoms with Crippen LogP contribution in [0.1, 0.15) is 17.0 Å². The quantitative estimate of drug-likeness (QED) is 0.829. The molecule has 0 unspecified atom stereocenters. The molecule has 0 spiro atoms. The number of nitrogens with zero attached hydrogens (tertiary/aromatic N) is 3. The average molecular weight is 260 g/mol. The number of benzene rings is 1. The first-order valence-electron chi connectivity index (χ1n) is 5.28. The van der Waals surface area contributed by atoms with Gasteiger partial charge >= 0.3 is 6.01 Å². The first-order chi connectivity index (χ1) is 8.58. The Kier molecular flexibility index (Phi) is 3.45. The number of ether oxygens (including phenoxy) is 1. The Labute approximate surface area is 110 Å². The third-order valence-corrected chi connectivity index (χ3v) is 2.55. The van der Waals surface area contributed by atoms with Gasteiger partial charge < -0.3 is 4.74 Å². The van der Waals surface area contributed by atoms with E-state index in [0.29, 0.717) is 16.5 Å². The summed E-state index contributed by atoms with van der Waals surface area (Å²) in [6, 6.07) is 9.08. The lowest BCUT2D eigenvalue weighted by Crippen LogP contribution is -1.97. The average Bonchev–Trinajstić information content (AvgIpc) is 2.33. The Morgan fingerprint density at radius 2 is 2.00 bits per heavy atom. The molecule has 0 aliphatic carbocycles. The molecule has 1 aromatic heterocycles. The van der Waals surface area contributed by atoms with Crippen molar-refractivity contribution in [3.8, 4) is 17.8 Å². The minimum absolute atomic E-state index is 0.124. The predicted octanol–water partition coefficient (Wildman–Crippen LogP) is 3.41. The van der Waals surface area contributed by atoms with Crippen molar-refractivity contribution >= 4 is 11.6 Å². The van der Waals surface area contributed by atoms with Crippen LogP contribution in [0.4, 0.5) is 0 Å². The topological polar surface area (TPSA) is 58.8 Å². The fourth-order valence-corrected chi connectivity index (χ4v) is 1.59. The maximum atomic E-state index is 8.83. The third kappa shape index (κ3) is 2.76. The summed E-state index contributed by atoms with van der Waals surface area (Å²) in [5.74, 6) is 0.478. The Morgan fingerprint density at radius 3 is 2.72 bits per heavy atom. The maximum absolute atomic E-state index is 8.83. The monoisotopic (exact) mass is 259 g/mol. The van der Waals surface area contributed by atoms with E-state index in [2.05, 4.69) is 9.97 Å². The molecule has 1 heterocycles. The van der Waals surface area contributed by atoms with Gasteiger partial charge in [0.25, 0.3) is 0 Å². The number of hydrogen-bond acceptors (Lipinski definition) is 4. The molecule has 0 fully saturated rings. The lowest BCUT2D eigenvalue weighted by Gasteiger charge is -2.07. The highest BCUT2D eigenvalue weighted by molar-refractivity contribution is 6.32. The summed E-state index contributed by atoms with van der Waals surface area (Å²) in [4.78, 5) is 8.07. The lowest BCUT2D eigenvalue weighted by atomic mass is 10.2. The molecule has 0 atom stereocenters. The van der Waals surface area contributed by atoms with Crippen LogP contribution in [-0.2, 0) is 0 Å². The number of nitriles is 1. The zero-order valence-electron chi connectivity index (χ0n) is 9.94. The van der Waals surface area contributed by atoms with Crippen molar-refractivity contribution in [1.29, 1.82) is 5.26 Å². The Balaban J connectivity index is 2.37. The molecule has 0 N–H and O–H groups in total. The summed E-state index contributed by atoms with van der Waals surface area (Å²) in [5.41, 5.74) is 1.95. The minimum atomic E-state index is 0.124. The molecule has 0 aliphatic heterocycles. The van der Waals surface area contributed by atoms with Gasteiger partial charge in [0.2, 0.25) is 0 Å². The van der Waals surface area contributed by atoms with Crippen LogP contribution in [0.2, 0.25) is 5.02 Å². The molecule has 18 heavy (non-hydrogen) atoms. The molecule has 0 saturated heterocycles. The zero-order chi connectivity index (χ0) is 13.1. The summed E-state index contributed by atoms with van der Waals surface area (Å²) in [6.45, 7) is 3.70. The smallest absolute Gasteiger partial charge is 0.323 e. The lowest BCUT2D eigenvalue weighted by molar-refractivity contribution is 0.439. The zero-order valence-corrected chi connectivity index (χ0v) is 10.7. The summed E-state index contributed by atoms with van der Waals surface area (Å²) < 4.78 is 5.51. The fraction of sp³-hybridized carbons (Fsp3) is 0.154. The van der Waals surface area contributed by atoms with Gasteiger partial charge in [0.15, 0.2) is 0 Å². The van der Waals surface area contributed by atoms with Crippen LogP contribution in [0, 0.1) is 25.2 Å². The van der Waals surface area contributed by atoms with E-state index in [1.54, 1.807) is 25.1 Å². The molecule has 5 heteroatoms. The molecule has 90 valence electrons. The second-order valence-corrected chi connectivity index (χ2v) is 4.23. The molecule has 2 aromatic rings. The first kappa shape index (κ1) is 12.3. The molecular weight excluding hydrogens is 250 g/mol. The highest BCUT2D eigenvalue weighted by Crippen LogP contribution is 2.28. The Morgan fingerprint density at radius 1 is 1.22 bits per heavy atom. The molecule has 4 nitrogen and oxygen atoms in total. The van der Waals surface area contributed by atoms with E-state index in [1.807, 2.05) is 19.1 Å². The van der Waals surface area contributed by atoms with Crippen LogP contribution >= 0.6 is 11.6 Å². The second kappa shape index (κ2) is 5.03. The Hall–Kier alpha value is -2.12.